The Morgan fingerprint density at radius 2 is 2.09 bits per heavy atom. The minimum absolute atomic E-state index is 0.0225. The molecule has 0 saturated carbocycles. The number of amides is 2. The minimum atomic E-state index is -0.178. The van der Waals surface area contributed by atoms with Crippen LogP contribution >= 0.6 is 11.8 Å². The summed E-state index contributed by atoms with van der Waals surface area (Å²) in [6.07, 6.45) is 1.29. The molecule has 0 bridgehead atoms. The molecule has 1 heterocycles. The van der Waals surface area contributed by atoms with Crippen LogP contribution in [0.2, 0.25) is 0 Å². The Morgan fingerprint density at radius 1 is 1.35 bits per heavy atom. The molecule has 0 aliphatic carbocycles. The molecule has 1 N–H and O–H groups in total. The number of carbonyl (C=O) groups excluding carboxylic acids is 2. The van der Waals surface area contributed by atoms with Crippen molar-refractivity contribution in [2.24, 2.45) is 11.8 Å². The number of hydrogen-bond donors (Lipinski definition) is 1. The van der Waals surface area contributed by atoms with Crippen LogP contribution in [0.15, 0.2) is 35.2 Å². The van der Waals surface area contributed by atoms with E-state index in [2.05, 4.69) is 31.3 Å². The molecule has 126 valence electrons. The van der Waals surface area contributed by atoms with Gasteiger partial charge in [0.15, 0.2) is 0 Å². The maximum atomic E-state index is 12.2. The maximum Gasteiger partial charge on any atom is 0.225 e. The number of rotatable bonds is 8. The van der Waals surface area contributed by atoms with Gasteiger partial charge in [-0.3, -0.25) is 9.59 Å². The van der Waals surface area contributed by atoms with E-state index in [1.807, 2.05) is 23.1 Å². The predicted octanol–water partition coefficient (Wildman–Crippen LogP) is 2.79. The predicted molar refractivity (Wildman–Crippen MR) is 94.3 cm³/mol. The van der Waals surface area contributed by atoms with E-state index in [0.717, 1.165) is 18.7 Å². The summed E-state index contributed by atoms with van der Waals surface area (Å²) in [5.41, 5.74) is 0. The van der Waals surface area contributed by atoms with Gasteiger partial charge in [0.25, 0.3) is 0 Å². The highest BCUT2D eigenvalue weighted by atomic mass is 32.2. The molecule has 23 heavy (non-hydrogen) atoms. The van der Waals surface area contributed by atoms with Gasteiger partial charge in [0.2, 0.25) is 11.8 Å². The van der Waals surface area contributed by atoms with Crippen LogP contribution in [-0.2, 0) is 9.59 Å². The Morgan fingerprint density at radius 3 is 2.78 bits per heavy atom. The standard InChI is InChI=1S/C18H26N2O2S/c1-14(2)12-20-13-15(11-17(20)21)18(22)19-9-6-10-23-16-7-4-3-5-8-16/h3-5,7-8,14-15H,6,9-13H2,1-2H3,(H,19,22)/t15-/m1/s1. The van der Waals surface area contributed by atoms with Gasteiger partial charge in [-0.25, -0.2) is 0 Å². The molecule has 0 radical (unpaired) electrons. The van der Waals surface area contributed by atoms with Crippen LogP contribution in [0.3, 0.4) is 0 Å². The number of nitrogens with zero attached hydrogens (tertiary/aromatic N) is 1. The summed E-state index contributed by atoms with van der Waals surface area (Å²) < 4.78 is 0. The van der Waals surface area contributed by atoms with Crippen LogP contribution in [0.1, 0.15) is 26.7 Å². The Bertz CT molecular complexity index is 519. The number of hydrogen-bond acceptors (Lipinski definition) is 3. The van der Waals surface area contributed by atoms with E-state index in [1.165, 1.54) is 4.90 Å². The molecule has 1 atom stereocenters. The van der Waals surface area contributed by atoms with Crippen molar-refractivity contribution in [1.82, 2.24) is 10.2 Å². The van der Waals surface area contributed by atoms with Crippen LogP contribution in [-0.4, -0.2) is 42.1 Å². The third-order valence-corrected chi connectivity index (χ3v) is 4.90. The molecule has 5 heteroatoms. The number of thioether (sulfide) groups is 1. The Labute approximate surface area is 143 Å². The number of benzene rings is 1. The van der Waals surface area contributed by atoms with Gasteiger partial charge in [0.05, 0.1) is 5.92 Å². The van der Waals surface area contributed by atoms with Crippen molar-refractivity contribution in [3.63, 3.8) is 0 Å². The maximum absolute atomic E-state index is 12.2. The van der Waals surface area contributed by atoms with Crippen LogP contribution in [0.5, 0.6) is 0 Å². The first kappa shape index (κ1) is 17.9. The van der Waals surface area contributed by atoms with E-state index in [1.54, 1.807) is 11.8 Å². The second-order valence-corrected chi connectivity index (χ2v) is 7.57. The molecular weight excluding hydrogens is 308 g/mol. The Hall–Kier alpha value is -1.49. The summed E-state index contributed by atoms with van der Waals surface area (Å²) in [5, 5.41) is 2.97. The van der Waals surface area contributed by atoms with Crippen molar-refractivity contribution in [2.45, 2.75) is 31.6 Å². The average Bonchev–Trinajstić information content (AvgIpc) is 2.88. The summed E-state index contributed by atoms with van der Waals surface area (Å²) in [4.78, 5) is 27.1. The van der Waals surface area contributed by atoms with Gasteiger partial charge in [-0.2, -0.15) is 0 Å². The third kappa shape index (κ3) is 5.90. The number of carbonyl (C=O) groups is 2. The zero-order chi connectivity index (χ0) is 16.7. The van der Waals surface area contributed by atoms with Gasteiger partial charge in [-0.1, -0.05) is 32.0 Å². The Kier molecular flexibility index (Phi) is 6.96. The first-order valence-corrected chi connectivity index (χ1v) is 9.28. The molecule has 1 aromatic rings. The molecule has 4 nitrogen and oxygen atoms in total. The lowest BCUT2D eigenvalue weighted by Gasteiger charge is -2.18. The van der Waals surface area contributed by atoms with Crippen molar-refractivity contribution in [1.29, 1.82) is 0 Å². The SMILES string of the molecule is CC(C)CN1C[C@H](C(=O)NCCCSc2ccccc2)CC1=O. The lowest BCUT2D eigenvalue weighted by molar-refractivity contribution is -0.129. The van der Waals surface area contributed by atoms with Crippen molar-refractivity contribution < 1.29 is 9.59 Å². The molecule has 1 aliphatic rings. The monoisotopic (exact) mass is 334 g/mol. The van der Waals surface area contributed by atoms with Crippen molar-refractivity contribution in [2.75, 3.05) is 25.4 Å². The van der Waals surface area contributed by atoms with Crippen molar-refractivity contribution in [3.8, 4) is 0 Å². The lowest BCUT2D eigenvalue weighted by atomic mass is 10.1. The summed E-state index contributed by atoms with van der Waals surface area (Å²) in [6.45, 7) is 6.17. The Balaban J connectivity index is 1.63. The number of nitrogens with one attached hydrogen (secondary N) is 1. The fraction of sp³-hybridized carbons (Fsp3) is 0.556. The molecule has 2 rings (SSSR count). The first-order chi connectivity index (χ1) is 11.1. The summed E-state index contributed by atoms with van der Waals surface area (Å²) in [6, 6.07) is 10.3. The highest BCUT2D eigenvalue weighted by molar-refractivity contribution is 7.99. The molecule has 1 aliphatic heterocycles. The van der Waals surface area contributed by atoms with E-state index in [-0.39, 0.29) is 17.7 Å². The third-order valence-electron chi connectivity index (χ3n) is 3.80. The van der Waals surface area contributed by atoms with E-state index in [0.29, 0.717) is 25.4 Å². The van der Waals surface area contributed by atoms with Gasteiger partial charge in [-0.05, 0) is 30.2 Å². The first-order valence-electron chi connectivity index (χ1n) is 8.29. The quantitative estimate of drug-likeness (QED) is 0.587. The molecule has 0 spiro atoms. The minimum Gasteiger partial charge on any atom is -0.356 e. The van der Waals surface area contributed by atoms with Crippen LogP contribution in [0.25, 0.3) is 0 Å². The molecule has 0 aromatic heterocycles. The summed E-state index contributed by atoms with van der Waals surface area (Å²) in [5.74, 6) is 1.37. The van der Waals surface area contributed by atoms with Crippen molar-refractivity contribution >= 4 is 23.6 Å². The van der Waals surface area contributed by atoms with Crippen LogP contribution in [0.4, 0.5) is 0 Å². The topological polar surface area (TPSA) is 49.4 Å². The normalized spacial score (nSPS) is 17.8. The lowest BCUT2D eigenvalue weighted by Crippen LogP contribution is -2.34. The highest BCUT2D eigenvalue weighted by Gasteiger charge is 2.34. The number of likely N-dealkylation sites (tertiary alicyclic amines) is 1. The van der Waals surface area contributed by atoms with E-state index >= 15 is 0 Å². The van der Waals surface area contributed by atoms with E-state index < -0.39 is 0 Å². The van der Waals surface area contributed by atoms with Gasteiger partial charge in [0, 0.05) is 31.0 Å². The van der Waals surface area contributed by atoms with Gasteiger partial charge in [0.1, 0.15) is 0 Å². The molecule has 0 unspecified atom stereocenters. The van der Waals surface area contributed by atoms with E-state index in [4.69, 9.17) is 0 Å². The second kappa shape index (κ2) is 8.96. The molecule has 1 saturated heterocycles. The molecule has 2 amide bonds. The smallest absolute Gasteiger partial charge is 0.225 e. The second-order valence-electron chi connectivity index (χ2n) is 6.40. The van der Waals surface area contributed by atoms with E-state index in [9.17, 15) is 9.59 Å². The zero-order valence-corrected chi connectivity index (χ0v) is 14.8. The van der Waals surface area contributed by atoms with Crippen LogP contribution < -0.4 is 5.32 Å². The molecule has 1 fully saturated rings. The van der Waals surface area contributed by atoms with Gasteiger partial charge in [-0.15, -0.1) is 11.8 Å². The van der Waals surface area contributed by atoms with Gasteiger partial charge >= 0.3 is 0 Å². The zero-order valence-electron chi connectivity index (χ0n) is 14.0. The van der Waals surface area contributed by atoms with Crippen LogP contribution in [0, 0.1) is 11.8 Å². The fourth-order valence-corrected chi connectivity index (χ4v) is 3.57. The average molecular weight is 334 g/mol. The largest absolute Gasteiger partial charge is 0.356 e. The summed E-state index contributed by atoms with van der Waals surface area (Å²) >= 11 is 1.80. The fourth-order valence-electron chi connectivity index (χ4n) is 2.70. The molecule has 1 aromatic carbocycles. The summed E-state index contributed by atoms with van der Waals surface area (Å²) in [7, 11) is 0. The highest BCUT2D eigenvalue weighted by Crippen LogP contribution is 2.20. The molecular formula is C18H26N2O2S. The van der Waals surface area contributed by atoms with Crippen molar-refractivity contribution in [3.05, 3.63) is 30.3 Å². The van der Waals surface area contributed by atoms with Gasteiger partial charge < -0.3 is 10.2 Å².